The molecule has 2 aliphatic rings. The molecule has 1 saturated heterocycles. The van der Waals surface area contributed by atoms with E-state index in [2.05, 4.69) is 4.99 Å². The number of aryl methyl sites for hydroxylation is 1. The van der Waals surface area contributed by atoms with Crippen LogP contribution in [0.15, 0.2) is 29.3 Å². The first-order chi connectivity index (χ1) is 11.8. The number of likely N-dealkylation sites (N-methyl/N-ethyl adjacent to an activating group) is 2. The molecule has 2 aliphatic heterocycles. The predicted octanol–water partition coefficient (Wildman–Crippen LogP) is 1.80. The molecule has 7 nitrogen and oxygen atoms in total. The van der Waals surface area contributed by atoms with Crippen LogP contribution in [0.3, 0.4) is 0 Å². The van der Waals surface area contributed by atoms with Gasteiger partial charge in [0.1, 0.15) is 17.1 Å². The van der Waals surface area contributed by atoms with Crippen molar-refractivity contribution in [3.8, 4) is 5.69 Å². The number of carbonyl (C=O) groups is 2. The molecule has 7 heteroatoms. The van der Waals surface area contributed by atoms with Crippen molar-refractivity contribution in [2.45, 2.75) is 26.8 Å². The minimum absolute atomic E-state index is 0.255. The maximum Gasteiger partial charge on any atom is 0.407 e. The fraction of sp³-hybridized carbons (Fsp3) is 0.333. The molecule has 0 saturated carbocycles. The minimum Gasteiger partial charge on any atom is -0.270 e. The summed E-state index contributed by atoms with van der Waals surface area (Å²) < 4.78 is 3.96. The van der Waals surface area contributed by atoms with Gasteiger partial charge >= 0.3 is 12.0 Å². The lowest BCUT2D eigenvalue weighted by Crippen LogP contribution is -2.62. The van der Waals surface area contributed by atoms with E-state index in [1.807, 2.05) is 54.2 Å². The van der Waals surface area contributed by atoms with Gasteiger partial charge in [-0.15, -0.1) is 0 Å². The summed E-state index contributed by atoms with van der Waals surface area (Å²) in [7, 11) is 3.16. The second kappa shape index (κ2) is 5.02. The van der Waals surface area contributed by atoms with E-state index in [0.717, 1.165) is 22.0 Å². The van der Waals surface area contributed by atoms with Crippen molar-refractivity contribution >= 4 is 23.7 Å². The van der Waals surface area contributed by atoms with Crippen molar-refractivity contribution in [2.75, 3.05) is 14.1 Å². The van der Waals surface area contributed by atoms with E-state index in [9.17, 15) is 9.59 Å². The highest BCUT2D eigenvalue weighted by Gasteiger charge is 2.53. The number of hydrogen-bond acceptors (Lipinski definition) is 3. The van der Waals surface area contributed by atoms with Gasteiger partial charge in [0.25, 0.3) is 5.91 Å². The standard InChI is InChI=1S/C18H20N5O2/c1-10-6-8-13(9-7-10)22-11(2)12(3)23-14-15(19-17(22)23)20(4)18(25)21(5)16(14)24/h6-9,14H,1-5H3/q+1. The van der Waals surface area contributed by atoms with Crippen LogP contribution in [0.1, 0.15) is 23.0 Å². The highest BCUT2D eigenvalue weighted by Crippen LogP contribution is 2.32. The van der Waals surface area contributed by atoms with Crippen molar-refractivity contribution in [1.29, 1.82) is 0 Å². The summed E-state index contributed by atoms with van der Waals surface area (Å²) in [6, 6.07) is 7.21. The normalized spacial score (nSPS) is 19.2. The van der Waals surface area contributed by atoms with E-state index in [4.69, 9.17) is 0 Å². The van der Waals surface area contributed by atoms with Crippen LogP contribution >= 0.6 is 0 Å². The molecule has 1 unspecified atom stereocenters. The van der Waals surface area contributed by atoms with Gasteiger partial charge in [-0.25, -0.2) is 9.36 Å². The van der Waals surface area contributed by atoms with Crippen molar-refractivity contribution in [2.24, 2.45) is 4.99 Å². The number of imide groups is 1. The first kappa shape index (κ1) is 15.6. The lowest BCUT2D eigenvalue weighted by Gasteiger charge is -2.30. The Bertz CT molecular complexity index is 955. The van der Waals surface area contributed by atoms with Gasteiger partial charge in [-0.3, -0.25) is 14.6 Å². The van der Waals surface area contributed by atoms with E-state index >= 15 is 0 Å². The Labute approximate surface area is 145 Å². The number of nitrogens with zero attached hydrogens (tertiary/aromatic N) is 5. The number of fused-ring (bicyclic) bond motifs is 3. The van der Waals surface area contributed by atoms with Gasteiger partial charge in [-0.2, -0.15) is 4.57 Å². The Morgan fingerprint density at radius 2 is 1.64 bits per heavy atom. The smallest absolute Gasteiger partial charge is 0.270 e. The molecule has 0 spiro atoms. The van der Waals surface area contributed by atoms with Crippen LogP contribution in [-0.4, -0.2) is 46.2 Å². The lowest BCUT2D eigenvalue weighted by atomic mass is 10.1. The molecule has 3 heterocycles. The molecule has 1 atom stereocenters. The molecule has 0 bridgehead atoms. The topological polar surface area (TPSA) is 61.8 Å². The number of aliphatic imine (C=N–C) groups is 1. The fourth-order valence-electron chi connectivity index (χ4n) is 3.52. The van der Waals surface area contributed by atoms with Gasteiger partial charge < -0.3 is 0 Å². The molecular weight excluding hydrogens is 318 g/mol. The number of amidine groups is 1. The summed E-state index contributed by atoms with van der Waals surface area (Å²) >= 11 is 0. The molecule has 0 N–H and O–H groups in total. The molecule has 2 aromatic rings. The summed E-state index contributed by atoms with van der Waals surface area (Å²) in [5.74, 6) is 0.893. The number of carbonyl (C=O) groups excluding carboxylic acids is 2. The molecule has 1 aromatic heterocycles. The van der Waals surface area contributed by atoms with Crippen LogP contribution in [-0.2, 0) is 4.79 Å². The lowest BCUT2D eigenvalue weighted by molar-refractivity contribution is -0.682. The highest BCUT2D eigenvalue weighted by molar-refractivity contribution is 6.18. The van der Waals surface area contributed by atoms with Gasteiger partial charge in [0.05, 0.1) is 0 Å². The monoisotopic (exact) mass is 338 g/mol. The van der Waals surface area contributed by atoms with Gasteiger partial charge in [0.15, 0.2) is 0 Å². The van der Waals surface area contributed by atoms with Crippen molar-refractivity contribution in [3.63, 3.8) is 0 Å². The van der Waals surface area contributed by atoms with Crippen LogP contribution in [0.4, 0.5) is 10.7 Å². The van der Waals surface area contributed by atoms with Crippen molar-refractivity contribution in [1.82, 2.24) is 14.4 Å². The largest absolute Gasteiger partial charge is 0.407 e. The first-order valence-corrected chi connectivity index (χ1v) is 8.17. The third kappa shape index (κ3) is 1.92. The second-order valence-corrected chi connectivity index (χ2v) is 6.62. The number of aromatic nitrogens is 2. The molecule has 1 fully saturated rings. The molecule has 4 rings (SSSR count). The van der Waals surface area contributed by atoms with E-state index in [0.29, 0.717) is 11.8 Å². The van der Waals surface area contributed by atoms with Gasteiger partial charge in [-0.05, 0) is 32.9 Å². The minimum atomic E-state index is -0.590. The van der Waals surface area contributed by atoms with E-state index < -0.39 is 6.04 Å². The van der Waals surface area contributed by atoms with Crippen LogP contribution in [0.25, 0.3) is 5.69 Å². The first-order valence-electron chi connectivity index (χ1n) is 8.17. The zero-order chi connectivity index (χ0) is 18.0. The van der Waals surface area contributed by atoms with Crippen LogP contribution in [0.2, 0.25) is 0 Å². The van der Waals surface area contributed by atoms with Gasteiger partial charge in [0, 0.05) is 14.1 Å². The number of urea groups is 1. The van der Waals surface area contributed by atoms with Crippen molar-refractivity contribution in [3.05, 3.63) is 41.2 Å². The van der Waals surface area contributed by atoms with E-state index in [1.54, 1.807) is 7.05 Å². The molecular formula is C18H20N5O2+. The number of amides is 3. The summed E-state index contributed by atoms with van der Waals surface area (Å²) in [5, 5.41) is 0. The Hall–Kier alpha value is -2.96. The molecule has 0 radical (unpaired) electrons. The second-order valence-electron chi connectivity index (χ2n) is 6.62. The Balaban J connectivity index is 1.96. The zero-order valence-corrected chi connectivity index (χ0v) is 14.9. The Morgan fingerprint density at radius 1 is 1.00 bits per heavy atom. The quantitative estimate of drug-likeness (QED) is 0.745. The average Bonchev–Trinajstić information content (AvgIpc) is 3.09. The number of benzene rings is 1. The molecule has 3 amide bonds. The Morgan fingerprint density at radius 3 is 2.28 bits per heavy atom. The maximum absolute atomic E-state index is 12.7. The van der Waals surface area contributed by atoms with Crippen molar-refractivity contribution < 1.29 is 14.2 Å². The molecule has 128 valence electrons. The van der Waals surface area contributed by atoms with Crippen LogP contribution < -0.4 is 4.57 Å². The summed E-state index contributed by atoms with van der Waals surface area (Å²) in [5.41, 5.74) is 4.15. The van der Waals surface area contributed by atoms with E-state index in [1.165, 1.54) is 17.5 Å². The average molecular weight is 338 g/mol. The molecule has 0 aliphatic carbocycles. The fourth-order valence-corrected chi connectivity index (χ4v) is 3.52. The Kier molecular flexibility index (Phi) is 3.12. The molecule has 1 aromatic carbocycles. The van der Waals surface area contributed by atoms with Crippen LogP contribution in [0.5, 0.6) is 0 Å². The summed E-state index contributed by atoms with van der Waals surface area (Å²) in [4.78, 5) is 32.3. The number of imidazole rings is 1. The SMILES string of the molecule is Cc1ccc(-n2c(C)c(C)[n+]3c2N=C2C3C(=O)N(C)C(=O)N2C)cc1. The summed E-state index contributed by atoms with van der Waals surface area (Å²) in [6.45, 7) is 6.04. The molecule has 25 heavy (non-hydrogen) atoms. The van der Waals surface area contributed by atoms with Gasteiger partial charge in [-0.1, -0.05) is 22.7 Å². The number of hydrogen-bond donors (Lipinski definition) is 0. The van der Waals surface area contributed by atoms with Gasteiger partial charge in [0.2, 0.25) is 11.9 Å². The maximum atomic E-state index is 12.7. The van der Waals surface area contributed by atoms with Crippen LogP contribution in [0, 0.1) is 20.8 Å². The van der Waals surface area contributed by atoms with E-state index in [-0.39, 0.29) is 11.9 Å². The summed E-state index contributed by atoms with van der Waals surface area (Å²) in [6.07, 6.45) is 0. The highest BCUT2D eigenvalue weighted by atomic mass is 16.2. The predicted molar refractivity (Wildman–Crippen MR) is 92.2 cm³/mol. The number of rotatable bonds is 1. The third-order valence-electron chi connectivity index (χ3n) is 5.13. The third-order valence-corrected chi connectivity index (χ3v) is 5.13. The zero-order valence-electron chi connectivity index (χ0n) is 14.9.